The molecule has 10 heteroatoms. The first-order valence-corrected chi connectivity index (χ1v) is 7.74. The van der Waals surface area contributed by atoms with Crippen LogP contribution in [-0.4, -0.2) is 21.0 Å². The number of alkyl halides is 3. The molecule has 0 fully saturated rings. The van der Waals surface area contributed by atoms with Crippen molar-refractivity contribution >= 4 is 5.91 Å². The summed E-state index contributed by atoms with van der Waals surface area (Å²) in [7, 11) is 0. The number of hydrogen-bond acceptors (Lipinski definition) is 4. The lowest BCUT2D eigenvalue weighted by molar-refractivity contribution is -0.138. The van der Waals surface area contributed by atoms with Gasteiger partial charge in [-0.05, 0) is 36.5 Å². The van der Waals surface area contributed by atoms with Crippen LogP contribution in [0, 0.1) is 0 Å². The Kier molecular flexibility index (Phi) is 4.34. The molecular weight excluding hydrogens is 355 g/mol. The van der Waals surface area contributed by atoms with Crippen LogP contribution >= 0.6 is 0 Å². The second-order valence-electron chi connectivity index (χ2n) is 5.92. The predicted octanol–water partition coefficient (Wildman–Crippen LogP) is 1.59. The first-order chi connectivity index (χ1) is 12.2. The number of aromatic hydroxyl groups is 1. The van der Waals surface area contributed by atoms with Crippen LogP contribution in [0.2, 0.25) is 0 Å². The first kappa shape index (κ1) is 17.8. The molecule has 0 unspecified atom stereocenters. The number of nitrogens with one attached hydrogen (secondary N) is 3. The molecule has 1 aliphatic carbocycles. The number of aromatic amines is 2. The van der Waals surface area contributed by atoms with E-state index in [-0.39, 0.29) is 12.0 Å². The zero-order valence-corrected chi connectivity index (χ0v) is 13.2. The third-order valence-corrected chi connectivity index (χ3v) is 4.26. The van der Waals surface area contributed by atoms with Crippen molar-refractivity contribution < 1.29 is 23.1 Å². The monoisotopic (exact) mass is 369 g/mol. The molecule has 1 atom stereocenters. The van der Waals surface area contributed by atoms with Gasteiger partial charge in [0.25, 0.3) is 11.5 Å². The summed E-state index contributed by atoms with van der Waals surface area (Å²) in [6.45, 7) is 0. The number of fused-ring (bicyclic) bond motifs is 1. The van der Waals surface area contributed by atoms with Gasteiger partial charge in [-0.3, -0.25) is 19.6 Å². The van der Waals surface area contributed by atoms with Crippen molar-refractivity contribution in [2.75, 3.05) is 0 Å². The van der Waals surface area contributed by atoms with E-state index < -0.39 is 46.4 Å². The van der Waals surface area contributed by atoms with Crippen molar-refractivity contribution in [3.8, 4) is 5.75 Å². The molecule has 0 saturated heterocycles. The molecule has 3 rings (SSSR count). The highest BCUT2D eigenvalue weighted by molar-refractivity contribution is 5.94. The number of hydrogen-bond donors (Lipinski definition) is 4. The zero-order chi connectivity index (χ0) is 19.1. The van der Waals surface area contributed by atoms with Crippen molar-refractivity contribution in [1.29, 1.82) is 0 Å². The summed E-state index contributed by atoms with van der Waals surface area (Å²) < 4.78 is 39.5. The number of H-pyrrole nitrogens is 2. The zero-order valence-electron chi connectivity index (χ0n) is 13.2. The van der Waals surface area contributed by atoms with Gasteiger partial charge in [0.05, 0.1) is 11.6 Å². The molecule has 138 valence electrons. The fourth-order valence-corrected chi connectivity index (χ4v) is 3.14. The van der Waals surface area contributed by atoms with Crippen molar-refractivity contribution in [3.63, 3.8) is 0 Å². The Morgan fingerprint density at radius 2 is 1.96 bits per heavy atom. The Morgan fingerprint density at radius 1 is 1.23 bits per heavy atom. The van der Waals surface area contributed by atoms with Gasteiger partial charge in [0.15, 0.2) is 5.69 Å². The molecule has 0 saturated carbocycles. The molecule has 1 amide bonds. The van der Waals surface area contributed by atoms with Crippen LogP contribution < -0.4 is 16.6 Å². The number of carbonyl (C=O) groups is 1. The highest BCUT2D eigenvalue weighted by Crippen LogP contribution is 2.39. The third kappa shape index (κ3) is 3.22. The molecule has 26 heavy (non-hydrogen) atoms. The largest absolute Gasteiger partial charge is 0.501 e. The lowest BCUT2D eigenvalue weighted by atomic mass is 9.84. The highest BCUT2D eigenvalue weighted by Gasteiger charge is 2.36. The van der Waals surface area contributed by atoms with E-state index in [1.807, 2.05) is 4.98 Å². The minimum atomic E-state index is -4.51. The van der Waals surface area contributed by atoms with Gasteiger partial charge < -0.3 is 10.4 Å². The fraction of sp³-hybridized carbons (Fsp3) is 0.312. The van der Waals surface area contributed by atoms with Crippen LogP contribution in [0.4, 0.5) is 13.2 Å². The van der Waals surface area contributed by atoms with Gasteiger partial charge in [-0.15, -0.1) is 0 Å². The molecule has 0 radical (unpaired) electrons. The van der Waals surface area contributed by atoms with Crippen LogP contribution in [0.5, 0.6) is 5.75 Å². The molecular formula is C16H14F3N3O4. The smallest absolute Gasteiger partial charge is 0.416 e. The molecule has 2 aromatic rings. The first-order valence-electron chi connectivity index (χ1n) is 7.74. The maximum Gasteiger partial charge on any atom is 0.416 e. The SMILES string of the molecule is O=C(N[C@H]1CCCc2c1cccc2C(F)(F)F)c1[nH]c(=O)[nH]c(=O)c1O. The Labute approximate surface area is 143 Å². The van der Waals surface area contributed by atoms with E-state index in [1.165, 1.54) is 12.1 Å². The van der Waals surface area contributed by atoms with Crippen molar-refractivity contribution in [3.05, 3.63) is 61.4 Å². The van der Waals surface area contributed by atoms with Gasteiger partial charge in [-0.1, -0.05) is 12.1 Å². The molecule has 0 spiro atoms. The molecule has 0 bridgehead atoms. The average molecular weight is 369 g/mol. The second-order valence-corrected chi connectivity index (χ2v) is 5.92. The summed E-state index contributed by atoms with van der Waals surface area (Å²) in [4.78, 5) is 38.7. The fourth-order valence-electron chi connectivity index (χ4n) is 3.14. The standard InChI is InChI=1S/C16H14F3N3O4/c17-16(18,19)9-5-1-4-8-7(9)3-2-6-10(8)20-13(24)11-12(23)14(25)22-15(26)21-11/h1,4-5,10,23H,2-3,6H2,(H,20,24)(H2,21,22,25,26)/t10-/m0/s1. The summed E-state index contributed by atoms with van der Waals surface area (Å²) in [5.74, 6) is -1.93. The van der Waals surface area contributed by atoms with Crippen LogP contribution in [0.25, 0.3) is 0 Å². The van der Waals surface area contributed by atoms with E-state index in [0.717, 1.165) is 6.07 Å². The lowest BCUT2D eigenvalue weighted by Crippen LogP contribution is -2.35. The van der Waals surface area contributed by atoms with Crippen molar-refractivity contribution in [2.24, 2.45) is 0 Å². The summed E-state index contributed by atoms with van der Waals surface area (Å²) in [6, 6.07) is 3.01. The summed E-state index contributed by atoms with van der Waals surface area (Å²) in [5, 5.41) is 12.1. The van der Waals surface area contributed by atoms with Gasteiger partial charge in [-0.25, -0.2) is 4.79 Å². The van der Waals surface area contributed by atoms with E-state index in [4.69, 9.17) is 0 Å². The molecule has 4 N–H and O–H groups in total. The summed E-state index contributed by atoms with van der Waals surface area (Å²) >= 11 is 0. The summed E-state index contributed by atoms with van der Waals surface area (Å²) in [6.07, 6.45) is -3.48. The topological polar surface area (TPSA) is 115 Å². The molecule has 1 aromatic carbocycles. The molecule has 7 nitrogen and oxygen atoms in total. The van der Waals surface area contributed by atoms with E-state index in [9.17, 15) is 32.7 Å². The lowest BCUT2D eigenvalue weighted by Gasteiger charge is -2.28. The molecule has 1 aliphatic rings. The Bertz CT molecular complexity index is 978. The number of carbonyl (C=O) groups excluding carboxylic acids is 1. The highest BCUT2D eigenvalue weighted by atomic mass is 19.4. The van der Waals surface area contributed by atoms with E-state index in [0.29, 0.717) is 18.4 Å². The number of amides is 1. The van der Waals surface area contributed by atoms with Crippen LogP contribution in [0.15, 0.2) is 27.8 Å². The van der Waals surface area contributed by atoms with Gasteiger partial charge >= 0.3 is 11.9 Å². The van der Waals surface area contributed by atoms with E-state index >= 15 is 0 Å². The number of aromatic nitrogens is 2. The minimum absolute atomic E-state index is 0.111. The van der Waals surface area contributed by atoms with Gasteiger partial charge in [0.2, 0.25) is 5.75 Å². The Morgan fingerprint density at radius 3 is 2.65 bits per heavy atom. The van der Waals surface area contributed by atoms with E-state index in [2.05, 4.69) is 5.32 Å². The van der Waals surface area contributed by atoms with Gasteiger partial charge in [0.1, 0.15) is 0 Å². The second kappa shape index (κ2) is 6.36. The molecule has 1 heterocycles. The molecule has 0 aliphatic heterocycles. The van der Waals surface area contributed by atoms with Crippen molar-refractivity contribution in [2.45, 2.75) is 31.5 Å². The van der Waals surface area contributed by atoms with Gasteiger partial charge in [0, 0.05) is 0 Å². The third-order valence-electron chi connectivity index (χ3n) is 4.26. The Hall–Kier alpha value is -3.04. The van der Waals surface area contributed by atoms with Gasteiger partial charge in [-0.2, -0.15) is 13.2 Å². The minimum Gasteiger partial charge on any atom is -0.501 e. The number of rotatable bonds is 2. The maximum absolute atomic E-state index is 13.2. The molecule has 1 aromatic heterocycles. The maximum atomic E-state index is 13.2. The van der Waals surface area contributed by atoms with Crippen LogP contribution in [0.3, 0.4) is 0 Å². The quantitative estimate of drug-likeness (QED) is 0.643. The number of halogens is 3. The van der Waals surface area contributed by atoms with Crippen molar-refractivity contribution in [1.82, 2.24) is 15.3 Å². The van der Waals surface area contributed by atoms with Crippen LogP contribution in [-0.2, 0) is 12.6 Å². The Balaban J connectivity index is 1.96. The summed E-state index contributed by atoms with van der Waals surface area (Å²) in [5.41, 5.74) is -3.07. The van der Waals surface area contributed by atoms with E-state index in [1.54, 1.807) is 4.98 Å². The number of benzene rings is 1. The average Bonchev–Trinajstić information content (AvgIpc) is 2.57. The predicted molar refractivity (Wildman–Crippen MR) is 83.9 cm³/mol. The normalized spacial score (nSPS) is 16.8. The van der Waals surface area contributed by atoms with Crippen LogP contribution in [0.1, 0.15) is 46.1 Å².